The van der Waals surface area contributed by atoms with Gasteiger partial charge in [0.2, 0.25) is 0 Å². The molecule has 0 bridgehead atoms. The van der Waals surface area contributed by atoms with E-state index in [0.29, 0.717) is 25.5 Å². The maximum Gasteiger partial charge on any atom is 0.410 e. The Hall–Kier alpha value is -4.39. The first-order valence-corrected chi connectivity index (χ1v) is 13.7. The van der Waals surface area contributed by atoms with Crippen LogP contribution in [-0.2, 0) is 26.2 Å². The van der Waals surface area contributed by atoms with Crippen LogP contribution in [0.2, 0.25) is 0 Å². The molecule has 2 aliphatic rings. The molecule has 6 rings (SSSR count). The van der Waals surface area contributed by atoms with Crippen molar-refractivity contribution in [3.63, 3.8) is 0 Å². The number of benzene rings is 3. The molecule has 1 aliphatic carbocycles. The Morgan fingerprint density at radius 2 is 1.50 bits per heavy atom. The van der Waals surface area contributed by atoms with Gasteiger partial charge in [0.05, 0.1) is 30.3 Å². The lowest BCUT2D eigenvalue weighted by molar-refractivity contribution is -0.146. The van der Waals surface area contributed by atoms with Crippen LogP contribution in [0.3, 0.4) is 0 Å². The molecule has 7 heteroatoms. The second-order valence-corrected chi connectivity index (χ2v) is 10.2. The molecule has 4 aromatic rings. The number of hydrogen-bond acceptors (Lipinski definition) is 6. The van der Waals surface area contributed by atoms with E-state index in [2.05, 4.69) is 5.16 Å². The van der Waals surface area contributed by atoms with Crippen LogP contribution in [-0.4, -0.2) is 41.4 Å². The van der Waals surface area contributed by atoms with Crippen molar-refractivity contribution in [1.29, 1.82) is 0 Å². The number of aromatic nitrogens is 1. The normalized spacial score (nSPS) is 17.0. The summed E-state index contributed by atoms with van der Waals surface area (Å²) in [5.74, 6) is 0.540. The number of rotatable bonds is 7. The molecule has 0 N–H and O–H groups in total. The maximum absolute atomic E-state index is 12.4. The van der Waals surface area contributed by atoms with Crippen molar-refractivity contribution in [2.45, 2.75) is 51.6 Å². The summed E-state index contributed by atoms with van der Waals surface area (Å²) in [7, 11) is 0. The average molecular weight is 539 g/mol. The average Bonchev–Trinajstić information content (AvgIpc) is 3.65. The quantitative estimate of drug-likeness (QED) is 0.237. The Bertz CT molecular complexity index is 1410. The van der Waals surface area contributed by atoms with E-state index in [1.165, 1.54) is 0 Å². The van der Waals surface area contributed by atoms with Crippen LogP contribution in [0.1, 0.15) is 43.5 Å². The lowest BCUT2D eigenvalue weighted by Crippen LogP contribution is -2.30. The largest absolute Gasteiger partial charge is 0.465 e. The van der Waals surface area contributed by atoms with Crippen molar-refractivity contribution in [2.24, 2.45) is 0 Å². The van der Waals surface area contributed by atoms with Crippen LogP contribution in [0.4, 0.5) is 4.79 Å². The number of cyclic esters (lactones) is 1. The molecule has 7 nitrogen and oxygen atoms in total. The van der Waals surface area contributed by atoms with E-state index in [1.54, 1.807) is 4.90 Å². The first-order chi connectivity index (χ1) is 19.4. The van der Waals surface area contributed by atoms with Gasteiger partial charge in [0, 0.05) is 11.1 Å². The molecular formula is C33H34N2O5. The summed E-state index contributed by atoms with van der Waals surface area (Å²) >= 11 is 0. The molecule has 1 unspecified atom stereocenters. The summed E-state index contributed by atoms with van der Waals surface area (Å²) < 4.78 is 16.1. The molecule has 3 aromatic carbocycles. The molecule has 0 spiro atoms. The monoisotopic (exact) mass is 538 g/mol. The molecule has 1 aliphatic heterocycles. The van der Waals surface area contributed by atoms with Crippen molar-refractivity contribution in [1.82, 2.24) is 10.1 Å². The van der Waals surface area contributed by atoms with Crippen molar-refractivity contribution in [3.05, 3.63) is 102 Å². The van der Waals surface area contributed by atoms with Crippen molar-refractivity contribution >= 4 is 12.1 Å². The van der Waals surface area contributed by atoms with Crippen LogP contribution in [0.25, 0.3) is 22.5 Å². The van der Waals surface area contributed by atoms with Crippen molar-refractivity contribution in [3.8, 4) is 22.5 Å². The third-order valence-corrected chi connectivity index (χ3v) is 7.53. The van der Waals surface area contributed by atoms with Crippen molar-refractivity contribution < 1.29 is 23.6 Å². The van der Waals surface area contributed by atoms with E-state index >= 15 is 0 Å². The fraction of sp³-hybridized carbons (Fsp3) is 0.303. The molecule has 2 fully saturated rings. The van der Waals surface area contributed by atoms with Gasteiger partial charge >= 0.3 is 12.1 Å². The fourth-order valence-electron chi connectivity index (χ4n) is 4.92. The van der Waals surface area contributed by atoms with Crippen LogP contribution in [0.15, 0.2) is 89.5 Å². The van der Waals surface area contributed by atoms with Gasteiger partial charge in [0.25, 0.3) is 0 Å². The highest BCUT2D eigenvalue weighted by atomic mass is 16.6. The van der Waals surface area contributed by atoms with Gasteiger partial charge in [-0.2, -0.15) is 0 Å². The van der Waals surface area contributed by atoms with E-state index in [9.17, 15) is 9.59 Å². The zero-order chi connectivity index (χ0) is 28.1. The number of aryl methyl sites for hydroxylation is 1. The summed E-state index contributed by atoms with van der Waals surface area (Å²) in [5.41, 5.74) is 5.23. The van der Waals surface area contributed by atoms with E-state index in [4.69, 9.17) is 14.0 Å². The number of carbonyl (C=O) groups excluding carboxylic acids is 2. The Labute approximate surface area is 234 Å². The fourth-order valence-corrected chi connectivity index (χ4v) is 4.92. The zero-order valence-electron chi connectivity index (χ0n) is 23.1. The van der Waals surface area contributed by atoms with Gasteiger partial charge in [-0.1, -0.05) is 90.1 Å². The smallest absolute Gasteiger partial charge is 0.410 e. The first-order valence-electron chi connectivity index (χ1n) is 13.7. The number of ether oxygens (including phenoxy) is 2. The van der Waals surface area contributed by atoms with E-state index in [1.807, 2.05) is 106 Å². The van der Waals surface area contributed by atoms with Gasteiger partial charge in [-0.15, -0.1) is 0 Å². The number of carbonyl (C=O) groups is 2. The predicted molar refractivity (Wildman–Crippen MR) is 152 cm³/mol. The topological polar surface area (TPSA) is 81.9 Å². The van der Waals surface area contributed by atoms with Gasteiger partial charge in [-0.05, 0) is 50.3 Å². The minimum atomic E-state index is -0.460. The SMILES string of the molecule is CCOC(=O)C1(c2ccc(-c3ccc(-c4onc(C)c4CN4C(=O)OCC4C)cc3)cc2)CC1.c1ccccc1. The van der Waals surface area contributed by atoms with E-state index < -0.39 is 5.41 Å². The van der Waals surface area contributed by atoms with Crippen LogP contribution < -0.4 is 0 Å². The molecule has 1 aromatic heterocycles. The Morgan fingerprint density at radius 1 is 0.950 bits per heavy atom. The van der Waals surface area contributed by atoms with Gasteiger partial charge in [0.1, 0.15) is 6.61 Å². The highest BCUT2D eigenvalue weighted by molar-refractivity contribution is 5.87. The summed E-state index contributed by atoms with van der Waals surface area (Å²) in [6.45, 7) is 6.88. The zero-order valence-corrected chi connectivity index (χ0v) is 23.1. The maximum atomic E-state index is 12.4. The van der Waals surface area contributed by atoms with Gasteiger partial charge < -0.3 is 14.0 Å². The minimum Gasteiger partial charge on any atom is -0.465 e. The lowest BCUT2D eigenvalue weighted by Gasteiger charge is -2.17. The molecule has 1 saturated heterocycles. The molecular weight excluding hydrogens is 504 g/mol. The van der Waals surface area contributed by atoms with Gasteiger partial charge in [-0.3, -0.25) is 9.69 Å². The second-order valence-electron chi connectivity index (χ2n) is 10.2. The first kappa shape index (κ1) is 27.2. The summed E-state index contributed by atoms with van der Waals surface area (Å²) in [4.78, 5) is 26.1. The summed E-state index contributed by atoms with van der Waals surface area (Å²) in [6.07, 6.45) is 1.37. The molecule has 1 saturated carbocycles. The number of nitrogens with zero attached hydrogens (tertiary/aromatic N) is 2. The van der Waals surface area contributed by atoms with Gasteiger partial charge in [-0.25, -0.2) is 4.79 Å². The highest BCUT2D eigenvalue weighted by Crippen LogP contribution is 2.49. The van der Waals surface area contributed by atoms with E-state index in [0.717, 1.165) is 46.4 Å². The summed E-state index contributed by atoms with van der Waals surface area (Å²) in [6, 6.07) is 28.2. The molecule has 206 valence electrons. The van der Waals surface area contributed by atoms with Crippen molar-refractivity contribution in [2.75, 3.05) is 13.2 Å². The standard InChI is InChI=1S/C27H28N2O5.C6H6/c1-4-32-25(30)27(13-14-27)22-11-9-20(10-12-22)19-5-7-21(8-6-19)24-23(18(3)28-34-24)15-29-17(2)16-33-26(29)31;1-2-4-6-5-3-1/h5-12,17H,4,13-16H2,1-3H3;1-6H. The van der Waals surface area contributed by atoms with E-state index in [-0.39, 0.29) is 18.1 Å². The highest BCUT2D eigenvalue weighted by Gasteiger charge is 2.52. The lowest BCUT2D eigenvalue weighted by atomic mass is 9.93. The Morgan fingerprint density at radius 3 is 2.00 bits per heavy atom. The number of hydrogen-bond donors (Lipinski definition) is 0. The Balaban J connectivity index is 0.000000477. The molecule has 2 heterocycles. The third-order valence-electron chi connectivity index (χ3n) is 7.53. The molecule has 40 heavy (non-hydrogen) atoms. The second kappa shape index (κ2) is 11.8. The van der Waals surface area contributed by atoms with Crippen LogP contribution in [0, 0.1) is 6.92 Å². The van der Waals surface area contributed by atoms with Crippen LogP contribution >= 0.6 is 0 Å². The number of esters is 1. The van der Waals surface area contributed by atoms with Gasteiger partial charge in [0.15, 0.2) is 5.76 Å². The Kier molecular flexibility index (Phi) is 8.01. The molecule has 1 amide bonds. The molecule has 1 atom stereocenters. The third kappa shape index (κ3) is 5.64. The van der Waals surface area contributed by atoms with Crippen LogP contribution in [0.5, 0.6) is 0 Å². The number of amides is 1. The summed E-state index contributed by atoms with van der Waals surface area (Å²) in [5, 5.41) is 4.14. The molecule has 0 radical (unpaired) electrons. The minimum absolute atomic E-state index is 0.0126. The predicted octanol–water partition coefficient (Wildman–Crippen LogP) is 6.94.